The number of halogens is 1. The van der Waals surface area contributed by atoms with Gasteiger partial charge in [-0.1, -0.05) is 12.1 Å². The number of rotatable bonds is 4. The van der Waals surface area contributed by atoms with Crippen molar-refractivity contribution in [1.29, 1.82) is 0 Å². The van der Waals surface area contributed by atoms with E-state index in [1.807, 2.05) is 20.8 Å². The van der Waals surface area contributed by atoms with Crippen LogP contribution in [0.15, 0.2) is 24.3 Å². The van der Waals surface area contributed by atoms with Crippen LogP contribution < -0.4 is 10.5 Å². The highest BCUT2D eigenvalue weighted by atomic mass is 32.2. The number of nitrogens with two attached hydrogens (primary N) is 1. The van der Waals surface area contributed by atoms with E-state index in [2.05, 4.69) is 4.72 Å². The van der Waals surface area contributed by atoms with Gasteiger partial charge in [0.2, 0.25) is 0 Å². The van der Waals surface area contributed by atoms with E-state index in [1.165, 1.54) is 12.1 Å². The van der Waals surface area contributed by atoms with E-state index in [4.69, 9.17) is 5.73 Å². The molecular weight excluding hydrogens is 239 g/mol. The highest BCUT2D eigenvalue weighted by Gasteiger charge is 2.29. The van der Waals surface area contributed by atoms with Gasteiger partial charge >= 0.3 is 0 Å². The monoisotopic (exact) mass is 258 g/mol. The Kier molecular flexibility index (Phi) is 4.94. The molecule has 1 aromatic carbocycles. The molecule has 0 amide bonds. The molecule has 3 N–H and O–H groups in total. The van der Waals surface area contributed by atoms with E-state index >= 15 is 0 Å². The van der Waals surface area contributed by atoms with Crippen LogP contribution in [-0.2, 0) is 11.4 Å². The molecule has 0 saturated heterocycles. The average molecular weight is 258 g/mol. The van der Waals surface area contributed by atoms with Crippen LogP contribution in [0.3, 0.4) is 0 Å². The molecular formula is C12H19FN2OS. The zero-order valence-electron chi connectivity index (χ0n) is 10.4. The third-order valence-electron chi connectivity index (χ3n) is 2.31. The third-order valence-corrected chi connectivity index (χ3v) is 3.92. The molecule has 1 aromatic rings. The molecule has 0 spiro atoms. The summed E-state index contributed by atoms with van der Waals surface area (Å²) >= 11 is -1.20. The Balaban J connectivity index is 2.75. The van der Waals surface area contributed by atoms with Crippen LogP contribution in [0.1, 0.15) is 32.4 Å². The van der Waals surface area contributed by atoms with Crippen molar-refractivity contribution < 1.29 is 8.94 Å². The van der Waals surface area contributed by atoms with Crippen molar-refractivity contribution in [2.24, 2.45) is 5.73 Å². The van der Waals surface area contributed by atoms with E-state index < -0.39 is 11.4 Å². The summed E-state index contributed by atoms with van der Waals surface area (Å²) < 4.78 is 27.4. The molecule has 96 valence electrons. The van der Waals surface area contributed by atoms with Gasteiger partial charge in [-0.05, 0) is 38.5 Å². The maximum atomic E-state index is 12.8. The molecule has 0 aliphatic rings. The van der Waals surface area contributed by atoms with Crippen molar-refractivity contribution in [2.45, 2.75) is 31.6 Å². The summed E-state index contributed by atoms with van der Waals surface area (Å²) in [5.41, 5.74) is 6.48. The first-order valence-corrected chi connectivity index (χ1v) is 6.63. The number of hydrogen-bond donors (Lipinski definition) is 2. The Labute approximate surface area is 105 Å². The average Bonchev–Trinajstić information content (AvgIpc) is 2.25. The fourth-order valence-corrected chi connectivity index (χ4v) is 2.10. The second-order valence-electron chi connectivity index (χ2n) is 4.84. The molecule has 1 unspecified atom stereocenters. The van der Waals surface area contributed by atoms with Crippen molar-refractivity contribution >= 4 is 11.4 Å². The molecule has 3 nitrogen and oxygen atoms in total. The second-order valence-corrected chi connectivity index (χ2v) is 6.84. The van der Waals surface area contributed by atoms with E-state index in [0.29, 0.717) is 6.54 Å². The predicted octanol–water partition coefficient (Wildman–Crippen LogP) is 1.88. The largest absolute Gasteiger partial charge is 0.598 e. The molecule has 0 aliphatic heterocycles. The Morgan fingerprint density at radius 2 is 1.88 bits per heavy atom. The molecule has 0 fully saturated rings. The van der Waals surface area contributed by atoms with Crippen molar-refractivity contribution in [3.05, 3.63) is 35.6 Å². The minimum Gasteiger partial charge on any atom is -0.598 e. The summed E-state index contributed by atoms with van der Waals surface area (Å²) in [5.74, 6) is -0.290. The van der Waals surface area contributed by atoms with Crippen molar-refractivity contribution in [3.63, 3.8) is 0 Å². The van der Waals surface area contributed by atoms with E-state index in [0.717, 1.165) is 5.56 Å². The van der Waals surface area contributed by atoms with Crippen LogP contribution in [0, 0.1) is 5.82 Å². The summed E-state index contributed by atoms with van der Waals surface area (Å²) in [5, 5.41) is 0. The smallest absolute Gasteiger partial charge is 0.136 e. The topological polar surface area (TPSA) is 61.1 Å². The maximum absolute atomic E-state index is 12.8. The first-order chi connectivity index (χ1) is 7.84. The molecule has 0 saturated carbocycles. The molecule has 17 heavy (non-hydrogen) atoms. The number of hydrogen-bond acceptors (Lipinski definition) is 3. The summed E-state index contributed by atoms with van der Waals surface area (Å²) in [4.78, 5) is 0. The van der Waals surface area contributed by atoms with E-state index in [-0.39, 0.29) is 16.6 Å². The highest BCUT2D eigenvalue weighted by molar-refractivity contribution is 7.90. The van der Waals surface area contributed by atoms with Crippen molar-refractivity contribution in [2.75, 3.05) is 6.54 Å². The molecule has 1 rings (SSSR count). The Bertz CT molecular complexity index is 351. The zero-order chi connectivity index (χ0) is 13.1. The van der Waals surface area contributed by atoms with Crippen LogP contribution in [0.5, 0.6) is 0 Å². The van der Waals surface area contributed by atoms with Crippen LogP contribution >= 0.6 is 0 Å². The SMILES string of the molecule is CC(C)(C)[S+]([O-])N[C@@H](CN)c1ccc(F)cc1. The van der Waals surface area contributed by atoms with Gasteiger partial charge in [0.25, 0.3) is 0 Å². The fourth-order valence-electron chi connectivity index (χ4n) is 1.25. The lowest BCUT2D eigenvalue weighted by Crippen LogP contribution is -2.43. The van der Waals surface area contributed by atoms with Crippen LogP contribution in [0.4, 0.5) is 4.39 Å². The van der Waals surface area contributed by atoms with Crippen LogP contribution in [0.25, 0.3) is 0 Å². The maximum Gasteiger partial charge on any atom is 0.136 e. The Hall–Kier alpha value is -0.620. The summed E-state index contributed by atoms with van der Waals surface area (Å²) in [6.45, 7) is 5.96. The third kappa shape index (κ3) is 4.27. The van der Waals surface area contributed by atoms with Crippen molar-refractivity contribution in [1.82, 2.24) is 4.72 Å². The quantitative estimate of drug-likeness (QED) is 0.811. The summed E-state index contributed by atoms with van der Waals surface area (Å²) in [6.07, 6.45) is 0. The normalized spacial score (nSPS) is 15.6. The minimum absolute atomic E-state index is 0.226. The lowest BCUT2D eigenvalue weighted by Gasteiger charge is -2.27. The molecule has 0 aromatic heterocycles. The highest BCUT2D eigenvalue weighted by Crippen LogP contribution is 2.19. The first-order valence-electron chi connectivity index (χ1n) is 5.48. The predicted molar refractivity (Wildman–Crippen MR) is 69.2 cm³/mol. The molecule has 0 bridgehead atoms. The van der Waals surface area contributed by atoms with Gasteiger partial charge < -0.3 is 10.3 Å². The number of benzene rings is 1. The Morgan fingerprint density at radius 1 is 1.35 bits per heavy atom. The lowest BCUT2D eigenvalue weighted by atomic mass is 10.1. The van der Waals surface area contributed by atoms with Gasteiger partial charge in [0.15, 0.2) is 0 Å². The second kappa shape index (κ2) is 5.82. The van der Waals surface area contributed by atoms with Gasteiger partial charge in [-0.3, -0.25) is 0 Å². The van der Waals surface area contributed by atoms with Gasteiger partial charge in [-0.25, -0.2) is 4.39 Å². The van der Waals surface area contributed by atoms with Gasteiger partial charge in [0, 0.05) is 17.9 Å². The molecule has 2 atom stereocenters. The van der Waals surface area contributed by atoms with Gasteiger partial charge in [0.1, 0.15) is 10.6 Å². The Morgan fingerprint density at radius 3 is 2.29 bits per heavy atom. The molecule has 0 radical (unpaired) electrons. The fraction of sp³-hybridized carbons (Fsp3) is 0.500. The van der Waals surface area contributed by atoms with Gasteiger partial charge in [0.05, 0.1) is 6.04 Å². The van der Waals surface area contributed by atoms with E-state index in [1.54, 1.807) is 12.1 Å². The van der Waals surface area contributed by atoms with Gasteiger partial charge in [-0.2, -0.15) is 0 Å². The van der Waals surface area contributed by atoms with Crippen LogP contribution in [0.2, 0.25) is 0 Å². The minimum atomic E-state index is -1.20. The summed E-state index contributed by atoms with van der Waals surface area (Å²) in [6, 6.07) is 5.83. The van der Waals surface area contributed by atoms with Crippen LogP contribution in [-0.4, -0.2) is 15.8 Å². The summed E-state index contributed by atoms with van der Waals surface area (Å²) in [7, 11) is 0. The lowest BCUT2D eigenvalue weighted by molar-refractivity contribution is 0.524. The molecule has 0 aliphatic carbocycles. The zero-order valence-corrected chi connectivity index (χ0v) is 11.2. The molecule has 0 heterocycles. The van der Waals surface area contributed by atoms with E-state index in [9.17, 15) is 8.94 Å². The standard InChI is InChI=1S/C12H19FN2OS/c1-12(2,3)17(16)15-11(8-14)9-4-6-10(13)7-5-9/h4-7,11,15H,8,14H2,1-3H3/t11-,17?/m0/s1. The number of nitrogens with one attached hydrogen (secondary N) is 1. The van der Waals surface area contributed by atoms with Crippen molar-refractivity contribution in [3.8, 4) is 0 Å². The first kappa shape index (κ1) is 14.4. The van der Waals surface area contributed by atoms with Gasteiger partial charge in [-0.15, -0.1) is 4.72 Å². The molecule has 5 heteroatoms.